The summed E-state index contributed by atoms with van der Waals surface area (Å²) < 4.78 is 26.9. The molecule has 0 aliphatic carbocycles. The minimum Gasteiger partial charge on any atom is -0.368 e. The summed E-state index contributed by atoms with van der Waals surface area (Å²) in [6.45, 7) is 9.68. The van der Waals surface area contributed by atoms with Crippen LogP contribution in [-0.2, 0) is 10.8 Å². The maximum Gasteiger partial charge on any atom is 0.151 e. The zero-order valence-corrected chi connectivity index (χ0v) is 30.5. The first-order chi connectivity index (χ1) is 23.9. The number of pyridine rings is 2. The summed E-state index contributed by atoms with van der Waals surface area (Å²) in [4.78, 5) is 8.15. The summed E-state index contributed by atoms with van der Waals surface area (Å²) in [5.74, 6) is 0.916. The Morgan fingerprint density at radius 2 is 1.06 bits per heavy atom. The molecule has 12 heteroatoms. The summed E-state index contributed by atoms with van der Waals surface area (Å²) in [7, 11) is 0. The minimum atomic E-state index is -0.226. The van der Waals surface area contributed by atoms with Crippen LogP contribution in [-0.4, -0.2) is 43.5 Å². The molecular weight excluding hydrogens is 722 g/mol. The molecule has 0 spiro atoms. The second-order valence-electron chi connectivity index (χ2n) is 12.4. The smallest absolute Gasteiger partial charge is 0.151 e. The lowest BCUT2D eigenvalue weighted by Gasteiger charge is -2.25. The van der Waals surface area contributed by atoms with Gasteiger partial charge in [0.1, 0.15) is 33.6 Å². The molecule has 8 nitrogen and oxygen atoms in total. The van der Waals surface area contributed by atoms with Gasteiger partial charge in [0.15, 0.2) is 5.15 Å². The SMILES string of the molecule is Brc1ccccn1.CC(C)(CNc1ccc(-c2ccccn2)nn1)c1ccc(F)cc1.CC(C)(CNc1ccc(Cl)nn1)c1ccc(F)cc1. The second-order valence-corrected chi connectivity index (χ2v) is 13.6. The van der Waals surface area contributed by atoms with Crippen LogP contribution in [0, 0.1) is 11.6 Å². The lowest BCUT2D eigenvalue weighted by molar-refractivity contribution is 0.551. The maximum atomic E-state index is 13.1. The summed E-state index contributed by atoms with van der Waals surface area (Å²) >= 11 is 8.88. The van der Waals surface area contributed by atoms with Crippen LogP contribution in [0.1, 0.15) is 38.8 Å². The second kappa shape index (κ2) is 18.2. The number of hydrogen-bond donors (Lipinski definition) is 2. The van der Waals surface area contributed by atoms with Crippen molar-refractivity contribution in [2.45, 2.75) is 38.5 Å². The Labute approximate surface area is 305 Å². The molecule has 0 bridgehead atoms. The molecule has 258 valence electrons. The zero-order chi connectivity index (χ0) is 36.0. The molecular formula is C38H38BrClF2N8. The molecule has 0 unspecified atom stereocenters. The van der Waals surface area contributed by atoms with Crippen LogP contribution >= 0.6 is 27.5 Å². The summed E-state index contributed by atoms with van der Waals surface area (Å²) in [5.41, 5.74) is 3.35. The Hall–Kier alpha value is -4.87. The molecule has 2 aromatic carbocycles. The molecule has 0 saturated heterocycles. The van der Waals surface area contributed by atoms with E-state index in [0.29, 0.717) is 29.9 Å². The normalized spacial score (nSPS) is 11.0. The summed E-state index contributed by atoms with van der Waals surface area (Å²) in [6.07, 6.45) is 3.47. The average Bonchev–Trinajstić information content (AvgIpc) is 3.12. The lowest BCUT2D eigenvalue weighted by atomic mass is 9.84. The van der Waals surface area contributed by atoms with Gasteiger partial charge in [-0.2, -0.15) is 0 Å². The van der Waals surface area contributed by atoms with Crippen LogP contribution in [0.2, 0.25) is 5.15 Å². The van der Waals surface area contributed by atoms with Gasteiger partial charge in [0.25, 0.3) is 0 Å². The third-order valence-electron chi connectivity index (χ3n) is 7.53. The minimum absolute atomic E-state index is 0.144. The molecule has 0 saturated carbocycles. The van der Waals surface area contributed by atoms with Crippen LogP contribution in [0.25, 0.3) is 11.4 Å². The summed E-state index contributed by atoms with van der Waals surface area (Å²) in [6, 6.07) is 31.7. The number of benzene rings is 2. The van der Waals surface area contributed by atoms with E-state index in [0.717, 1.165) is 27.1 Å². The zero-order valence-electron chi connectivity index (χ0n) is 28.2. The fraction of sp³-hybridized carbons (Fsp3) is 0.211. The van der Waals surface area contributed by atoms with Crippen LogP contribution in [0.4, 0.5) is 20.4 Å². The highest BCUT2D eigenvalue weighted by atomic mass is 79.9. The van der Waals surface area contributed by atoms with E-state index in [1.807, 2.05) is 60.7 Å². The van der Waals surface area contributed by atoms with Crippen molar-refractivity contribution in [3.05, 3.63) is 154 Å². The van der Waals surface area contributed by atoms with Gasteiger partial charge < -0.3 is 10.6 Å². The monoisotopic (exact) mass is 758 g/mol. The Morgan fingerprint density at radius 1 is 0.560 bits per heavy atom. The van der Waals surface area contributed by atoms with Gasteiger partial charge >= 0.3 is 0 Å². The van der Waals surface area contributed by atoms with Crippen molar-refractivity contribution in [1.29, 1.82) is 0 Å². The van der Waals surface area contributed by atoms with Crippen LogP contribution in [0.3, 0.4) is 0 Å². The van der Waals surface area contributed by atoms with Gasteiger partial charge in [-0.05, 0) is 99.9 Å². The molecule has 6 aromatic rings. The highest BCUT2D eigenvalue weighted by molar-refractivity contribution is 9.10. The Bertz CT molecular complexity index is 1860. The Balaban J connectivity index is 0.000000192. The van der Waals surface area contributed by atoms with E-state index in [4.69, 9.17) is 11.6 Å². The van der Waals surface area contributed by atoms with Gasteiger partial charge in [-0.3, -0.25) is 4.98 Å². The third kappa shape index (κ3) is 12.2. The van der Waals surface area contributed by atoms with E-state index < -0.39 is 0 Å². The predicted octanol–water partition coefficient (Wildman–Crippen LogP) is 9.57. The number of anilines is 2. The topological polar surface area (TPSA) is 101 Å². The Kier molecular flexibility index (Phi) is 13.8. The highest BCUT2D eigenvalue weighted by Crippen LogP contribution is 2.25. The van der Waals surface area contributed by atoms with Crippen molar-refractivity contribution in [3.8, 4) is 11.4 Å². The van der Waals surface area contributed by atoms with Gasteiger partial charge in [0.2, 0.25) is 0 Å². The molecule has 0 aliphatic heterocycles. The van der Waals surface area contributed by atoms with Crippen molar-refractivity contribution >= 4 is 39.2 Å². The van der Waals surface area contributed by atoms with Crippen LogP contribution in [0.15, 0.2) is 126 Å². The molecule has 2 N–H and O–H groups in total. The molecule has 0 amide bonds. The van der Waals surface area contributed by atoms with Crippen LogP contribution in [0.5, 0.6) is 0 Å². The fourth-order valence-corrected chi connectivity index (χ4v) is 4.83. The Morgan fingerprint density at radius 3 is 1.44 bits per heavy atom. The molecule has 0 fully saturated rings. The number of halogens is 4. The van der Waals surface area contributed by atoms with Crippen molar-refractivity contribution < 1.29 is 8.78 Å². The largest absolute Gasteiger partial charge is 0.368 e. The average molecular weight is 760 g/mol. The van der Waals surface area contributed by atoms with E-state index in [-0.39, 0.29) is 22.5 Å². The molecule has 50 heavy (non-hydrogen) atoms. The first-order valence-electron chi connectivity index (χ1n) is 15.7. The van der Waals surface area contributed by atoms with E-state index in [9.17, 15) is 8.78 Å². The van der Waals surface area contributed by atoms with Gasteiger partial charge in [-0.15, -0.1) is 20.4 Å². The maximum absolute atomic E-state index is 13.1. The first kappa shape index (κ1) is 37.9. The standard InChI is InChI=1S/C19H19FN4.C14H15ClFN3.C5H4BrN/c1-19(2,14-6-8-15(20)9-7-14)13-22-18-11-10-17(23-24-18)16-5-3-4-12-21-16;1-14(2,10-3-5-11(16)6-4-10)9-17-13-8-7-12(15)18-19-13;6-5-3-1-2-4-7-5/h3-12H,13H2,1-2H3,(H,22,24);3-8H,9H2,1-2H3,(H,17,19);1-4H. The predicted molar refractivity (Wildman–Crippen MR) is 200 cm³/mol. The molecule has 4 aromatic heterocycles. The molecule has 4 heterocycles. The first-order valence-corrected chi connectivity index (χ1v) is 16.9. The van der Waals surface area contributed by atoms with Gasteiger partial charge in [-0.25, -0.2) is 13.8 Å². The van der Waals surface area contributed by atoms with E-state index in [1.165, 1.54) is 24.3 Å². The van der Waals surface area contributed by atoms with Gasteiger partial charge in [0.05, 0.1) is 5.69 Å². The number of rotatable bonds is 9. The van der Waals surface area contributed by atoms with E-state index in [1.54, 1.807) is 36.7 Å². The molecule has 0 atom stereocenters. The van der Waals surface area contributed by atoms with E-state index >= 15 is 0 Å². The van der Waals surface area contributed by atoms with E-state index in [2.05, 4.69) is 84.6 Å². The summed E-state index contributed by atoms with van der Waals surface area (Å²) in [5, 5.41) is 23.0. The fourth-order valence-electron chi connectivity index (χ4n) is 4.46. The van der Waals surface area contributed by atoms with Gasteiger partial charge in [-0.1, -0.05) is 75.7 Å². The van der Waals surface area contributed by atoms with Crippen molar-refractivity contribution in [2.24, 2.45) is 0 Å². The lowest BCUT2D eigenvalue weighted by Crippen LogP contribution is -2.28. The molecule has 0 radical (unpaired) electrons. The number of nitrogens with one attached hydrogen (secondary N) is 2. The quantitative estimate of drug-likeness (QED) is 0.141. The molecule has 6 rings (SSSR count). The van der Waals surface area contributed by atoms with Crippen molar-refractivity contribution in [3.63, 3.8) is 0 Å². The van der Waals surface area contributed by atoms with Crippen molar-refractivity contribution in [2.75, 3.05) is 23.7 Å². The number of aromatic nitrogens is 6. The highest BCUT2D eigenvalue weighted by Gasteiger charge is 2.21. The molecule has 0 aliphatic rings. The third-order valence-corrected chi connectivity index (χ3v) is 8.20. The van der Waals surface area contributed by atoms with Crippen molar-refractivity contribution in [1.82, 2.24) is 30.4 Å². The number of hydrogen-bond acceptors (Lipinski definition) is 8. The van der Waals surface area contributed by atoms with Crippen LogP contribution < -0.4 is 10.6 Å². The number of nitrogens with zero attached hydrogens (tertiary/aromatic N) is 6. The van der Waals surface area contributed by atoms with Gasteiger partial charge in [0, 0.05) is 36.3 Å².